The van der Waals surface area contributed by atoms with Gasteiger partial charge in [-0.15, -0.1) is 0 Å². The van der Waals surface area contributed by atoms with E-state index >= 15 is 0 Å². The van der Waals surface area contributed by atoms with Crippen molar-refractivity contribution < 1.29 is 24.5 Å². The van der Waals surface area contributed by atoms with Crippen LogP contribution in [0.2, 0.25) is 0 Å². The molecule has 0 spiro atoms. The molecule has 6 heteroatoms. The number of methoxy groups -OCH3 is 1. The summed E-state index contributed by atoms with van der Waals surface area (Å²) in [4.78, 5) is 20.8. The molecular weight excluding hydrogens is 358 g/mol. The molecule has 2 aromatic carbocycles. The van der Waals surface area contributed by atoms with Gasteiger partial charge >= 0.3 is 11.9 Å². The smallest absolute Gasteiger partial charge is 0.414 e. The highest BCUT2D eigenvalue weighted by Crippen LogP contribution is 2.25. The molecule has 0 aromatic heterocycles. The molecule has 6 nitrogen and oxygen atoms in total. The average Bonchev–Trinajstić information content (AvgIpc) is 2.71. The summed E-state index contributed by atoms with van der Waals surface area (Å²) < 4.78 is 5.46. The Morgan fingerprint density at radius 2 is 1.54 bits per heavy atom. The van der Waals surface area contributed by atoms with Crippen LogP contribution in [0.5, 0.6) is 5.75 Å². The molecule has 0 amide bonds. The van der Waals surface area contributed by atoms with Gasteiger partial charge in [0.25, 0.3) is 0 Å². The zero-order valence-electron chi connectivity index (χ0n) is 16.1. The Bertz CT molecular complexity index is 743. The van der Waals surface area contributed by atoms with Crippen LogP contribution >= 0.6 is 0 Å². The van der Waals surface area contributed by atoms with Gasteiger partial charge in [0.05, 0.1) is 7.11 Å². The lowest BCUT2D eigenvalue weighted by Gasteiger charge is -2.32. The van der Waals surface area contributed by atoms with E-state index in [0.717, 1.165) is 18.2 Å². The van der Waals surface area contributed by atoms with E-state index < -0.39 is 11.9 Å². The number of nitrogens with zero attached hydrogens (tertiary/aromatic N) is 1. The number of benzene rings is 2. The first-order valence-corrected chi connectivity index (χ1v) is 9.34. The maximum absolute atomic E-state index is 9.10. The third-order valence-electron chi connectivity index (χ3n) is 4.84. The van der Waals surface area contributed by atoms with Crippen LogP contribution in [0.15, 0.2) is 54.6 Å². The Hall–Kier alpha value is -2.86. The van der Waals surface area contributed by atoms with Crippen molar-refractivity contribution in [1.29, 1.82) is 0 Å². The monoisotopic (exact) mass is 385 g/mol. The van der Waals surface area contributed by atoms with Crippen molar-refractivity contribution in [2.24, 2.45) is 5.92 Å². The molecule has 28 heavy (non-hydrogen) atoms. The van der Waals surface area contributed by atoms with Crippen LogP contribution < -0.4 is 4.74 Å². The minimum Gasteiger partial charge on any atom is -0.496 e. The van der Waals surface area contributed by atoms with Gasteiger partial charge in [0, 0.05) is 12.1 Å². The number of hydrogen-bond acceptors (Lipinski definition) is 4. The van der Waals surface area contributed by atoms with E-state index in [-0.39, 0.29) is 0 Å². The van der Waals surface area contributed by atoms with Crippen molar-refractivity contribution >= 4 is 11.9 Å². The minimum absolute atomic E-state index is 0.830. The molecule has 0 saturated carbocycles. The molecule has 1 aliphatic rings. The van der Waals surface area contributed by atoms with Crippen LogP contribution in [-0.4, -0.2) is 47.3 Å². The number of ether oxygens (including phenoxy) is 1. The van der Waals surface area contributed by atoms with Gasteiger partial charge < -0.3 is 14.9 Å². The lowest BCUT2D eigenvalue weighted by atomic mass is 9.90. The molecule has 1 saturated heterocycles. The van der Waals surface area contributed by atoms with Crippen LogP contribution in [0, 0.1) is 5.92 Å². The standard InChI is InChI=1S/C20H25NO.C2H2O4/c1-22-20-10-6-5-9-19(20)16-21-13-11-18(12-14-21)15-17-7-3-2-4-8-17;3-1(4)2(5)6/h2-10,18H,11-16H2,1H3;(H,3,4)(H,5,6). The second-order valence-corrected chi connectivity index (χ2v) is 6.83. The molecule has 0 aliphatic carbocycles. The van der Waals surface area contributed by atoms with E-state index in [2.05, 4.69) is 53.4 Å². The zero-order valence-corrected chi connectivity index (χ0v) is 16.1. The van der Waals surface area contributed by atoms with Gasteiger partial charge in [0.15, 0.2) is 0 Å². The first-order valence-electron chi connectivity index (χ1n) is 9.34. The third-order valence-corrected chi connectivity index (χ3v) is 4.84. The first kappa shape index (κ1) is 21.4. The van der Waals surface area contributed by atoms with Crippen molar-refractivity contribution in [2.45, 2.75) is 25.8 Å². The van der Waals surface area contributed by atoms with Crippen molar-refractivity contribution in [3.63, 3.8) is 0 Å². The third kappa shape index (κ3) is 7.04. The van der Waals surface area contributed by atoms with Gasteiger partial charge in [-0.1, -0.05) is 48.5 Å². The van der Waals surface area contributed by atoms with E-state index in [1.807, 2.05) is 6.07 Å². The Balaban J connectivity index is 0.000000409. The van der Waals surface area contributed by atoms with Crippen LogP contribution in [0.25, 0.3) is 0 Å². The van der Waals surface area contributed by atoms with Gasteiger partial charge in [0.2, 0.25) is 0 Å². The van der Waals surface area contributed by atoms with Crippen LogP contribution in [0.4, 0.5) is 0 Å². The summed E-state index contributed by atoms with van der Waals surface area (Å²) in [6.45, 7) is 3.38. The number of para-hydroxylation sites is 1. The SMILES string of the molecule is COc1ccccc1CN1CCC(Cc2ccccc2)CC1.O=C(O)C(=O)O. The summed E-state index contributed by atoms with van der Waals surface area (Å²) in [6, 6.07) is 19.3. The first-order chi connectivity index (χ1) is 13.5. The van der Waals surface area contributed by atoms with Crippen LogP contribution in [0.1, 0.15) is 24.0 Å². The highest BCUT2D eigenvalue weighted by molar-refractivity contribution is 6.27. The Morgan fingerprint density at radius 1 is 0.964 bits per heavy atom. The second kappa shape index (κ2) is 11.1. The topological polar surface area (TPSA) is 87.1 Å². The van der Waals surface area contributed by atoms with E-state index in [4.69, 9.17) is 24.5 Å². The molecule has 2 aromatic rings. The minimum atomic E-state index is -1.82. The molecule has 1 aliphatic heterocycles. The fourth-order valence-corrected chi connectivity index (χ4v) is 3.37. The zero-order chi connectivity index (χ0) is 20.4. The largest absolute Gasteiger partial charge is 0.496 e. The maximum Gasteiger partial charge on any atom is 0.414 e. The van der Waals surface area contributed by atoms with Gasteiger partial charge in [-0.2, -0.15) is 0 Å². The van der Waals surface area contributed by atoms with Crippen molar-refractivity contribution in [3.05, 3.63) is 65.7 Å². The summed E-state index contributed by atoms with van der Waals surface area (Å²) in [5.41, 5.74) is 2.78. The Morgan fingerprint density at radius 3 is 2.11 bits per heavy atom. The van der Waals surface area contributed by atoms with Crippen LogP contribution in [0.3, 0.4) is 0 Å². The number of rotatable bonds is 5. The second-order valence-electron chi connectivity index (χ2n) is 6.83. The van der Waals surface area contributed by atoms with Gasteiger partial charge in [-0.05, 0) is 49.9 Å². The highest BCUT2D eigenvalue weighted by Gasteiger charge is 2.20. The molecule has 0 unspecified atom stereocenters. The Kier molecular flexibility index (Phi) is 8.49. The predicted octanol–water partition coefficient (Wildman–Crippen LogP) is 3.31. The molecule has 1 heterocycles. The summed E-state index contributed by atoms with van der Waals surface area (Å²) in [7, 11) is 1.75. The number of aliphatic carboxylic acids is 2. The van der Waals surface area contributed by atoms with E-state index in [9.17, 15) is 0 Å². The average molecular weight is 385 g/mol. The van der Waals surface area contributed by atoms with Crippen molar-refractivity contribution in [1.82, 2.24) is 4.90 Å². The molecule has 0 atom stereocenters. The number of carbonyl (C=O) groups is 2. The fourth-order valence-electron chi connectivity index (χ4n) is 3.37. The van der Waals surface area contributed by atoms with E-state index in [1.54, 1.807) is 7.11 Å². The normalized spacial score (nSPS) is 14.6. The summed E-state index contributed by atoms with van der Waals surface area (Å²) >= 11 is 0. The van der Waals surface area contributed by atoms with Crippen molar-refractivity contribution in [2.75, 3.05) is 20.2 Å². The highest BCUT2D eigenvalue weighted by atomic mass is 16.5. The van der Waals surface area contributed by atoms with E-state index in [1.165, 1.54) is 43.5 Å². The van der Waals surface area contributed by atoms with Gasteiger partial charge in [-0.25, -0.2) is 9.59 Å². The molecule has 150 valence electrons. The molecule has 0 radical (unpaired) electrons. The lowest BCUT2D eigenvalue weighted by molar-refractivity contribution is -0.159. The molecular formula is C22H27NO5. The molecule has 1 fully saturated rings. The predicted molar refractivity (Wildman–Crippen MR) is 106 cm³/mol. The van der Waals surface area contributed by atoms with E-state index in [0.29, 0.717) is 0 Å². The maximum atomic E-state index is 9.10. The van der Waals surface area contributed by atoms with Gasteiger partial charge in [-0.3, -0.25) is 4.90 Å². The summed E-state index contributed by atoms with van der Waals surface area (Å²) in [6.07, 6.45) is 3.82. The summed E-state index contributed by atoms with van der Waals surface area (Å²) in [5.74, 6) is -1.81. The Labute approximate surface area is 165 Å². The fraction of sp³-hybridized carbons (Fsp3) is 0.364. The van der Waals surface area contributed by atoms with Gasteiger partial charge in [0.1, 0.15) is 5.75 Å². The number of carboxylic acids is 2. The van der Waals surface area contributed by atoms with Crippen LogP contribution in [-0.2, 0) is 22.6 Å². The number of likely N-dealkylation sites (tertiary alicyclic amines) is 1. The number of piperidine rings is 1. The number of carboxylic acid groups (broad SMARTS) is 2. The number of hydrogen-bond donors (Lipinski definition) is 2. The lowest BCUT2D eigenvalue weighted by Crippen LogP contribution is -2.33. The summed E-state index contributed by atoms with van der Waals surface area (Å²) in [5, 5.41) is 14.8. The van der Waals surface area contributed by atoms with Crippen molar-refractivity contribution in [3.8, 4) is 5.75 Å². The molecule has 3 rings (SSSR count). The molecule has 2 N–H and O–H groups in total. The molecule has 0 bridgehead atoms. The quantitative estimate of drug-likeness (QED) is 0.768.